The highest BCUT2D eigenvalue weighted by Gasteiger charge is 2.75. The molecule has 4 aliphatic rings. The summed E-state index contributed by atoms with van der Waals surface area (Å²) in [6, 6.07) is 0. The fraction of sp³-hybridized carbons (Fsp3) is 0.815. The van der Waals surface area contributed by atoms with Crippen molar-refractivity contribution in [2.24, 2.45) is 22.7 Å². The van der Waals surface area contributed by atoms with Crippen molar-refractivity contribution in [1.82, 2.24) is 0 Å². The Morgan fingerprint density at radius 1 is 1.17 bits per heavy atom. The van der Waals surface area contributed by atoms with Gasteiger partial charge in [0.25, 0.3) is 0 Å². The highest BCUT2D eigenvalue weighted by Crippen LogP contribution is 2.70. The van der Waals surface area contributed by atoms with Gasteiger partial charge in [-0.3, -0.25) is 14.4 Å². The number of aliphatic hydroxyl groups is 1. The number of hydrogen-bond donors (Lipinski definition) is 1. The van der Waals surface area contributed by atoms with Gasteiger partial charge in [0.05, 0.1) is 6.10 Å². The maximum Gasteiger partial charge on any atom is 0.306 e. The number of aliphatic hydroxyl groups excluding tert-OH is 1. The Bertz CT molecular complexity index is 917. The summed E-state index contributed by atoms with van der Waals surface area (Å²) in [4.78, 5) is 37.7. The fourth-order valence-electron chi connectivity index (χ4n) is 8.03. The first-order valence-electron chi connectivity index (χ1n) is 12.9. The molecule has 0 spiro atoms. The van der Waals surface area contributed by atoms with E-state index in [9.17, 15) is 19.5 Å². The molecule has 0 unspecified atom stereocenters. The molecule has 4 aliphatic carbocycles. The number of carbonyl (C=O) groups excluding carboxylic acids is 3. The predicted octanol–water partition coefficient (Wildman–Crippen LogP) is 3.85. The van der Waals surface area contributed by atoms with Crippen molar-refractivity contribution in [1.29, 1.82) is 0 Å². The standard InChI is InChI=1S/C27H39FO7/c1-5-6-23(32)34-15-22(31)26(35-16-33-4)12-10-19-20-8-7-17-13-18(29)9-11-24(17,2)27(20,28)21(30)14-25(19,26)3/h13,19-21,30H,5-12,14-16H2,1-4H3/t19-,20-,21-,24-,25-,26-,27-/m0/s1. The summed E-state index contributed by atoms with van der Waals surface area (Å²) in [5.41, 5.74) is -4.21. The summed E-state index contributed by atoms with van der Waals surface area (Å²) >= 11 is 0. The first-order chi connectivity index (χ1) is 16.5. The van der Waals surface area contributed by atoms with Gasteiger partial charge in [0.15, 0.2) is 12.4 Å². The molecule has 3 saturated carbocycles. The first-order valence-corrected chi connectivity index (χ1v) is 12.9. The Morgan fingerprint density at radius 2 is 1.91 bits per heavy atom. The highest BCUT2D eigenvalue weighted by molar-refractivity contribution is 5.92. The summed E-state index contributed by atoms with van der Waals surface area (Å²) in [6.07, 6.45) is 3.82. The molecule has 0 aromatic carbocycles. The Hall–Kier alpha value is -1.64. The van der Waals surface area contributed by atoms with Gasteiger partial charge in [0.1, 0.15) is 18.1 Å². The van der Waals surface area contributed by atoms with Gasteiger partial charge in [-0.1, -0.05) is 26.3 Å². The molecule has 4 rings (SSSR count). The lowest BCUT2D eigenvalue weighted by atomic mass is 9.44. The number of carbonyl (C=O) groups is 3. The molecule has 0 aromatic rings. The molecule has 0 bridgehead atoms. The van der Waals surface area contributed by atoms with Crippen LogP contribution in [0.25, 0.3) is 0 Å². The number of halogens is 1. The van der Waals surface area contributed by atoms with E-state index in [1.54, 1.807) is 6.08 Å². The molecule has 8 heteroatoms. The van der Waals surface area contributed by atoms with Crippen LogP contribution in [0.2, 0.25) is 0 Å². The number of methoxy groups -OCH3 is 1. The molecule has 0 radical (unpaired) electrons. The van der Waals surface area contributed by atoms with Gasteiger partial charge in [0.2, 0.25) is 5.78 Å². The first kappa shape index (κ1) is 26.4. The van der Waals surface area contributed by atoms with Gasteiger partial charge in [-0.2, -0.15) is 0 Å². The summed E-state index contributed by atoms with van der Waals surface area (Å²) in [5.74, 6) is -1.48. The number of Topliss-reactive ketones (excluding diaryl/α,β-unsaturated/α-hetero) is 1. The van der Waals surface area contributed by atoms with Crippen molar-refractivity contribution in [2.45, 2.75) is 95.9 Å². The number of ketones is 2. The lowest BCUT2D eigenvalue weighted by molar-refractivity contribution is -0.244. The summed E-state index contributed by atoms with van der Waals surface area (Å²) < 4.78 is 33.8. The molecule has 7 atom stereocenters. The third-order valence-corrected chi connectivity index (χ3v) is 9.85. The number of allylic oxidation sites excluding steroid dienone is 1. The van der Waals surface area contributed by atoms with Crippen molar-refractivity contribution in [2.75, 3.05) is 20.5 Å². The van der Waals surface area contributed by atoms with E-state index in [2.05, 4.69) is 0 Å². The van der Waals surface area contributed by atoms with E-state index >= 15 is 4.39 Å². The van der Waals surface area contributed by atoms with Gasteiger partial charge < -0.3 is 19.3 Å². The maximum atomic E-state index is 17.3. The number of fused-ring (bicyclic) bond motifs is 5. The number of esters is 1. The normalized spacial score (nSPS) is 42.5. The molecular weight excluding hydrogens is 455 g/mol. The molecule has 0 aliphatic heterocycles. The van der Waals surface area contributed by atoms with Crippen LogP contribution in [-0.2, 0) is 28.6 Å². The van der Waals surface area contributed by atoms with Crippen LogP contribution in [0.5, 0.6) is 0 Å². The van der Waals surface area contributed by atoms with E-state index in [4.69, 9.17) is 14.2 Å². The zero-order valence-corrected chi connectivity index (χ0v) is 21.4. The lowest BCUT2D eigenvalue weighted by Gasteiger charge is -2.63. The van der Waals surface area contributed by atoms with Crippen molar-refractivity contribution in [3.63, 3.8) is 0 Å². The van der Waals surface area contributed by atoms with E-state index in [1.165, 1.54) is 7.11 Å². The van der Waals surface area contributed by atoms with Crippen molar-refractivity contribution in [3.8, 4) is 0 Å². The second kappa shape index (κ2) is 9.34. The topological polar surface area (TPSA) is 99.1 Å². The SMILES string of the molecule is CCCC(=O)OCC(=O)[C@@]1(OCOC)CC[C@H]2[C@@H]3CCC4=CC(=O)CC[C@]4(C)[C@@]3(F)[C@@H](O)C[C@@]21C. The van der Waals surface area contributed by atoms with Crippen LogP contribution in [0, 0.1) is 22.7 Å². The van der Waals surface area contributed by atoms with Gasteiger partial charge in [-0.05, 0) is 56.9 Å². The van der Waals surface area contributed by atoms with E-state index in [0.717, 1.165) is 5.57 Å². The quantitative estimate of drug-likeness (QED) is 0.404. The van der Waals surface area contributed by atoms with Crippen LogP contribution in [0.15, 0.2) is 11.6 Å². The second-order valence-electron chi connectivity index (χ2n) is 11.4. The third-order valence-electron chi connectivity index (χ3n) is 9.85. The minimum absolute atomic E-state index is 0.0192. The number of ether oxygens (including phenoxy) is 3. The van der Waals surface area contributed by atoms with Crippen LogP contribution in [0.4, 0.5) is 4.39 Å². The lowest BCUT2D eigenvalue weighted by Crippen LogP contribution is -2.70. The van der Waals surface area contributed by atoms with Crippen molar-refractivity contribution >= 4 is 17.5 Å². The molecular formula is C27H39FO7. The van der Waals surface area contributed by atoms with E-state index < -0.39 is 46.7 Å². The number of hydrogen-bond acceptors (Lipinski definition) is 7. The Kier molecular flexibility index (Phi) is 7.05. The smallest absolute Gasteiger partial charge is 0.306 e. The van der Waals surface area contributed by atoms with Crippen LogP contribution in [0.3, 0.4) is 0 Å². The molecule has 196 valence electrons. The van der Waals surface area contributed by atoms with Crippen LogP contribution in [0.1, 0.15) is 78.6 Å². The molecule has 35 heavy (non-hydrogen) atoms. The van der Waals surface area contributed by atoms with Gasteiger partial charge in [-0.25, -0.2) is 4.39 Å². The molecule has 0 aromatic heterocycles. The molecule has 7 nitrogen and oxygen atoms in total. The van der Waals surface area contributed by atoms with Gasteiger partial charge >= 0.3 is 5.97 Å². The van der Waals surface area contributed by atoms with E-state index in [0.29, 0.717) is 38.5 Å². The molecule has 3 fully saturated rings. The van der Waals surface area contributed by atoms with Crippen molar-refractivity contribution < 1.29 is 38.1 Å². The van der Waals surface area contributed by atoms with Crippen LogP contribution < -0.4 is 0 Å². The zero-order valence-electron chi connectivity index (χ0n) is 21.4. The molecule has 1 N–H and O–H groups in total. The summed E-state index contributed by atoms with van der Waals surface area (Å²) in [5, 5.41) is 11.5. The van der Waals surface area contributed by atoms with Gasteiger partial charge in [-0.15, -0.1) is 0 Å². The molecule has 0 amide bonds. The van der Waals surface area contributed by atoms with Crippen LogP contribution in [-0.4, -0.2) is 60.5 Å². The summed E-state index contributed by atoms with van der Waals surface area (Å²) in [6.45, 7) is 5.07. The minimum atomic E-state index is -1.89. The number of alkyl halides is 1. The maximum absolute atomic E-state index is 17.3. The largest absolute Gasteiger partial charge is 0.458 e. The van der Waals surface area contributed by atoms with Gasteiger partial charge in [0, 0.05) is 36.7 Å². The monoisotopic (exact) mass is 494 g/mol. The minimum Gasteiger partial charge on any atom is -0.458 e. The molecule has 0 heterocycles. The van der Waals surface area contributed by atoms with Crippen LogP contribution >= 0.6 is 0 Å². The number of rotatable bonds is 8. The second-order valence-corrected chi connectivity index (χ2v) is 11.4. The van der Waals surface area contributed by atoms with Crippen molar-refractivity contribution in [3.05, 3.63) is 11.6 Å². The Morgan fingerprint density at radius 3 is 2.60 bits per heavy atom. The average Bonchev–Trinajstić information content (AvgIpc) is 3.10. The Balaban J connectivity index is 1.69. The summed E-state index contributed by atoms with van der Waals surface area (Å²) in [7, 11) is 1.47. The van der Waals surface area contributed by atoms with E-state index in [-0.39, 0.29) is 43.5 Å². The predicted molar refractivity (Wildman–Crippen MR) is 125 cm³/mol. The van der Waals surface area contributed by atoms with E-state index in [1.807, 2.05) is 20.8 Å². The Labute approximate surface area is 206 Å². The highest BCUT2D eigenvalue weighted by atomic mass is 19.1. The molecule has 0 saturated heterocycles. The average molecular weight is 495 g/mol. The fourth-order valence-corrected chi connectivity index (χ4v) is 8.03. The third kappa shape index (κ3) is 3.74. The zero-order chi connectivity index (χ0) is 25.6.